The van der Waals surface area contributed by atoms with Gasteiger partial charge in [-0.2, -0.15) is 0 Å². The highest BCUT2D eigenvalue weighted by molar-refractivity contribution is 7.09. The van der Waals surface area contributed by atoms with Crippen molar-refractivity contribution in [2.24, 2.45) is 0 Å². The summed E-state index contributed by atoms with van der Waals surface area (Å²) in [6.07, 6.45) is 1.66. The Morgan fingerprint density at radius 1 is 1.07 bits per heavy atom. The minimum atomic E-state index is 0.0593. The number of hydrogen-bond acceptors (Lipinski definition) is 5. The van der Waals surface area contributed by atoms with Crippen molar-refractivity contribution in [3.8, 4) is 5.75 Å². The normalized spacial score (nSPS) is 10.9. The number of nitrogens with zero attached hydrogens (tertiary/aromatic N) is 2. The summed E-state index contributed by atoms with van der Waals surface area (Å²) >= 11 is 1.69. The van der Waals surface area contributed by atoms with Crippen molar-refractivity contribution in [1.82, 2.24) is 9.80 Å². The van der Waals surface area contributed by atoms with Gasteiger partial charge in [-0.05, 0) is 29.6 Å². The molecule has 0 fully saturated rings. The fourth-order valence-corrected chi connectivity index (χ4v) is 3.65. The van der Waals surface area contributed by atoms with Crippen LogP contribution in [0.5, 0.6) is 5.75 Å². The maximum atomic E-state index is 12.8. The van der Waals surface area contributed by atoms with Crippen molar-refractivity contribution in [3.05, 3.63) is 76.4 Å². The van der Waals surface area contributed by atoms with Gasteiger partial charge in [0.1, 0.15) is 11.5 Å². The van der Waals surface area contributed by atoms with Crippen molar-refractivity contribution in [1.29, 1.82) is 0 Å². The lowest BCUT2D eigenvalue weighted by Gasteiger charge is -2.24. The van der Waals surface area contributed by atoms with Crippen LogP contribution in [0.15, 0.2) is 64.6 Å². The molecule has 0 spiro atoms. The lowest BCUT2D eigenvalue weighted by atomic mass is 10.2. The Bertz CT molecular complexity index is 795. The highest BCUT2D eigenvalue weighted by Crippen LogP contribution is 2.19. The second-order valence-corrected chi connectivity index (χ2v) is 7.40. The van der Waals surface area contributed by atoms with E-state index in [1.165, 1.54) is 4.88 Å². The molecule has 0 atom stereocenters. The molecule has 27 heavy (non-hydrogen) atoms. The maximum Gasteiger partial charge on any atom is 0.236 e. The Kier molecular flexibility index (Phi) is 6.68. The predicted molar refractivity (Wildman–Crippen MR) is 107 cm³/mol. The molecule has 0 aliphatic heterocycles. The Labute approximate surface area is 163 Å². The average molecular weight is 385 g/mol. The Balaban J connectivity index is 1.65. The molecule has 0 aliphatic carbocycles. The van der Waals surface area contributed by atoms with E-state index in [4.69, 9.17) is 9.15 Å². The summed E-state index contributed by atoms with van der Waals surface area (Å²) in [5.74, 6) is 1.71. The van der Waals surface area contributed by atoms with E-state index >= 15 is 0 Å². The molecule has 0 aliphatic rings. The summed E-state index contributed by atoms with van der Waals surface area (Å²) in [6.45, 7) is 2.15. The fourth-order valence-electron chi connectivity index (χ4n) is 2.90. The fraction of sp³-hybridized carbons (Fsp3) is 0.286. The number of amides is 1. The highest BCUT2D eigenvalue weighted by Gasteiger charge is 2.18. The minimum Gasteiger partial charge on any atom is -0.496 e. The number of thiophene rings is 1. The van der Waals surface area contributed by atoms with E-state index < -0.39 is 0 Å². The van der Waals surface area contributed by atoms with Crippen LogP contribution in [0.3, 0.4) is 0 Å². The number of ether oxygens (including phenoxy) is 1. The lowest BCUT2D eigenvalue weighted by Crippen LogP contribution is -2.37. The quantitative estimate of drug-likeness (QED) is 0.559. The molecule has 0 saturated carbocycles. The van der Waals surface area contributed by atoms with Crippen LogP contribution < -0.4 is 4.74 Å². The molecule has 0 bridgehead atoms. The zero-order valence-electron chi connectivity index (χ0n) is 15.6. The van der Waals surface area contributed by atoms with E-state index in [-0.39, 0.29) is 5.91 Å². The number of methoxy groups -OCH3 is 1. The van der Waals surface area contributed by atoms with Gasteiger partial charge in [0.2, 0.25) is 5.91 Å². The van der Waals surface area contributed by atoms with E-state index in [0.29, 0.717) is 26.2 Å². The van der Waals surface area contributed by atoms with Crippen molar-refractivity contribution >= 4 is 17.2 Å². The average Bonchev–Trinajstić information content (AvgIpc) is 3.36. The summed E-state index contributed by atoms with van der Waals surface area (Å²) in [5, 5.41) is 2.05. The third-order valence-corrected chi connectivity index (χ3v) is 5.16. The van der Waals surface area contributed by atoms with Crippen LogP contribution in [-0.4, -0.2) is 36.4 Å². The van der Waals surface area contributed by atoms with Crippen molar-refractivity contribution in [3.63, 3.8) is 0 Å². The second kappa shape index (κ2) is 9.39. The molecule has 2 aromatic heterocycles. The number of rotatable bonds is 9. The Morgan fingerprint density at radius 2 is 1.93 bits per heavy atom. The number of carbonyl (C=O) groups excluding carboxylic acids is 1. The minimum absolute atomic E-state index is 0.0593. The number of para-hydroxylation sites is 1. The molecular formula is C21H24N2O3S. The van der Waals surface area contributed by atoms with Crippen LogP contribution in [0.1, 0.15) is 16.2 Å². The molecule has 2 heterocycles. The molecule has 5 nitrogen and oxygen atoms in total. The molecule has 0 unspecified atom stereocenters. The summed E-state index contributed by atoms with van der Waals surface area (Å²) < 4.78 is 10.9. The predicted octanol–water partition coefficient (Wildman–Crippen LogP) is 4.01. The summed E-state index contributed by atoms with van der Waals surface area (Å²) in [4.78, 5) is 17.9. The van der Waals surface area contributed by atoms with Gasteiger partial charge in [-0.3, -0.25) is 9.69 Å². The van der Waals surface area contributed by atoms with Gasteiger partial charge >= 0.3 is 0 Å². The number of carbonyl (C=O) groups is 1. The van der Waals surface area contributed by atoms with E-state index in [1.54, 1.807) is 29.6 Å². The van der Waals surface area contributed by atoms with Crippen LogP contribution in [-0.2, 0) is 24.4 Å². The smallest absolute Gasteiger partial charge is 0.236 e. The molecule has 1 amide bonds. The summed E-state index contributed by atoms with van der Waals surface area (Å²) in [7, 11) is 3.47. The van der Waals surface area contributed by atoms with Gasteiger partial charge in [0.25, 0.3) is 0 Å². The zero-order chi connectivity index (χ0) is 19.1. The third-order valence-electron chi connectivity index (χ3n) is 4.30. The van der Waals surface area contributed by atoms with E-state index in [0.717, 1.165) is 17.1 Å². The van der Waals surface area contributed by atoms with Gasteiger partial charge in [0, 0.05) is 30.6 Å². The third kappa shape index (κ3) is 5.45. The maximum absolute atomic E-state index is 12.8. The molecule has 0 radical (unpaired) electrons. The number of benzene rings is 1. The van der Waals surface area contributed by atoms with Crippen LogP contribution in [0.4, 0.5) is 0 Å². The molecule has 0 saturated heterocycles. The van der Waals surface area contributed by atoms with Crippen LogP contribution in [0.25, 0.3) is 0 Å². The second-order valence-electron chi connectivity index (χ2n) is 6.37. The van der Waals surface area contributed by atoms with Gasteiger partial charge in [0.15, 0.2) is 0 Å². The molecule has 142 valence electrons. The highest BCUT2D eigenvalue weighted by atomic mass is 32.1. The van der Waals surface area contributed by atoms with Gasteiger partial charge in [-0.25, -0.2) is 0 Å². The van der Waals surface area contributed by atoms with Crippen LogP contribution in [0, 0.1) is 0 Å². The first kappa shape index (κ1) is 19.2. The number of likely N-dealkylation sites (N-methyl/N-ethyl adjacent to an activating group) is 1. The molecule has 1 aromatic carbocycles. The van der Waals surface area contributed by atoms with Crippen LogP contribution >= 0.6 is 11.3 Å². The summed E-state index contributed by atoms with van der Waals surface area (Å²) in [5.41, 5.74) is 0.992. The Hall–Kier alpha value is -2.57. The van der Waals surface area contributed by atoms with Crippen LogP contribution in [0.2, 0.25) is 0 Å². The van der Waals surface area contributed by atoms with Crippen molar-refractivity contribution in [2.45, 2.75) is 19.6 Å². The zero-order valence-corrected chi connectivity index (χ0v) is 16.4. The van der Waals surface area contributed by atoms with Crippen molar-refractivity contribution in [2.75, 3.05) is 20.7 Å². The Morgan fingerprint density at radius 3 is 2.63 bits per heavy atom. The first-order valence-electron chi connectivity index (χ1n) is 8.78. The molecule has 3 aromatic rings. The summed E-state index contributed by atoms with van der Waals surface area (Å²) in [6, 6.07) is 15.7. The van der Waals surface area contributed by atoms with Gasteiger partial charge < -0.3 is 14.1 Å². The SMILES string of the molecule is COc1ccccc1CN(C)C(=O)CN(Cc1ccco1)Cc1cccs1. The first-order chi connectivity index (χ1) is 13.2. The molecular weight excluding hydrogens is 360 g/mol. The molecule has 3 rings (SSSR count). The number of hydrogen-bond donors (Lipinski definition) is 0. The van der Waals surface area contributed by atoms with Crippen molar-refractivity contribution < 1.29 is 13.9 Å². The van der Waals surface area contributed by atoms with E-state index in [9.17, 15) is 4.79 Å². The van der Waals surface area contributed by atoms with E-state index in [2.05, 4.69) is 16.3 Å². The first-order valence-corrected chi connectivity index (χ1v) is 9.66. The van der Waals surface area contributed by atoms with Gasteiger partial charge in [-0.15, -0.1) is 11.3 Å². The van der Waals surface area contributed by atoms with Gasteiger partial charge in [0.05, 0.1) is 26.5 Å². The largest absolute Gasteiger partial charge is 0.496 e. The van der Waals surface area contributed by atoms with E-state index in [1.807, 2.05) is 49.5 Å². The number of furan rings is 1. The lowest BCUT2D eigenvalue weighted by molar-refractivity contribution is -0.132. The standard InChI is InChI=1S/C21H24N2O3S/c1-22(13-17-7-3-4-10-20(17)25-2)21(24)16-23(14-18-8-5-11-26-18)15-19-9-6-12-27-19/h3-12H,13-16H2,1-2H3. The topological polar surface area (TPSA) is 45.9 Å². The molecule has 0 N–H and O–H groups in total. The monoisotopic (exact) mass is 384 g/mol. The molecule has 6 heteroatoms. The van der Waals surface area contributed by atoms with Gasteiger partial charge in [-0.1, -0.05) is 24.3 Å².